The van der Waals surface area contributed by atoms with Crippen molar-refractivity contribution in [3.63, 3.8) is 0 Å². The van der Waals surface area contributed by atoms with Crippen LogP contribution in [0.2, 0.25) is 0 Å². The monoisotopic (exact) mass is 388 g/mol. The topological polar surface area (TPSA) is 45.6 Å². The minimum atomic E-state index is -0.710. The normalized spacial score (nSPS) is 16.5. The van der Waals surface area contributed by atoms with E-state index in [1.54, 1.807) is 6.20 Å². The summed E-state index contributed by atoms with van der Waals surface area (Å²) in [6.07, 6.45) is 3.29. The van der Waals surface area contributed by atoms with Gasteiger partial charge in [-0.15, -0.1) is 0 Å². The molecule has 1 saturated heterocycles. The lowest BCUT2D eigenvalue weighted by Gasteiger charge is -2.38. The third-order valence-corrected chi connectivity index (χ3v) is 5.69. The predicted octanol–water partition coefficient (Wildman–Crippen LogP) is 4.45. The van der Waals surface area contributed by atoms with Crippen molar-refractivity contribution in [2.24, 2.45) is 0 Å². The van der Waals surface area contributed by atoms with Crippen LogP contribution in [0.25, 0.3) is 0 Å². The zero-order valence-corrected chi connectivity index (χ0v) is 16.9. The number of hydrogen-bond acceptors (Lipinski definition) is 4. The van der Waals surface area contributed by atoms with Crippen LogP contribution in [0.15, 0.2) is 72.9 Å². The van der Waals surface area contributed by atoms with Gasteiger partial charge in [0.15, 0.2) is 0 Å². The maximum Gasteiger partial charge on any atom is 0.130 e. The minimum Gasteiger partial charge on any atom is -0.487 e. The van der Waals surface area contributed by atoms with Crippen LogP contribution in [-0.4, -0.2) is 28.1 Å². The van der Waals surface area contributed by atoms with E-state index in [0.717, 1.165) is 49.5 Å². The summed E-state index contributed by atoms with van der Waals surface area (Å²) < 4.78 is 5.90. The lowest BCUT2D eigenvalue weighted by Crippen LogP contribution is -2.42. The maximum atomic E-state index is 11.1. The fourth-order valence-corrected chi connectivity index (χ4v) is 3.87. The summed E-state index contributed by atoms with van der Waals surface area (Å²) in [4.78, 5) is 6.70. The van der Waals surface area contributed by atoms with Crippen molar-refractivity contribution >= 4 is 0 Å². The van der Waals surface area contributed by atoms with Gasteiger partial charge in [-0.1, -0.05) is 48.0 Å². The van der Waals surface area contributed by atoms with Gasteiger partial charge in [0.05, 0.1) is 11.3 Å². The van der Waals surface area contributed by atoms with Crippen molar-refractivity contribution < 1.29 is 9.84 Å². The maximum absolute atomic E-state index is 11.1. The molecule has 2 aromatic carbocycles. The van der Waals surface area contributed by atoms with E-state index in [4.69, 9.17) is 4.74 Å². The summed E-state index contributed by atoms with van der Waals surface area (Å²) in [7, 11) is 0. The molecule has 1 aliphatic rings. The molecular weight excluding hydrogens is 360 g/mol. The first-order valence-corrected chi connectivity index (χ1v) is 10.2. The Bertz CT molecular complexity index is 917. The molecule has 0 radical (unpaired) electrons. The van der Waals surface area contributed by atoms with Crippen LogP contribution < -0.4 is 4.74 Å². The van der Waals surface area contributed by atoms with Gasteiger partial charge in [0, 0.05) is 25.8 Å². The third-order valence-electron chi connectivity index (χ3n) is 5.69. The molecule has 0 bridgehead atoms. The quantitative estimate of drug-likeness (QED) is 0.678. The van der Waals surface area contributed by atoms with Crippen molar-refractivity contribution in [2.45, 2.75) is 38.5 Å². The summed E-state index contributed by atoms with van der Waals surface area (Å²) in [5, 5.41) is 11.1. The number of nitrogens with zero attached hydrogens (tertiary/aromatic N) is 2. The number of ether oxygens (including phenoxy) is 1. The summed E-state index contributed by atoms with van der Waals surface area (Å²) in [6, 6.07) is 22.4. The Morgan fingerprint density at radius 2 is 1.79 bits per heavy atom. The number of pyridine rings is 1. The fraction of sp³-hybridized carbons (Fsp3) is 0.320. The Morgan fingerprint density at radius 3 is 2.52 bits per heavy atom. The Hall–Kier alpha value is -2.69. The van der Waals surface area contributed by atoms with Gasteiger partial charge in [0.2, 0.25) is 0 Å². The van der Waals surface area contributed by atoms with E-state index in [-0.39, 0.29) is 0 Å². The molecule has 0 atom stereocenters. The number of piperidine rings is 1. The lowest BCUT2D eigenvalue weighted by atomic mass is 9.84. The highest BCUT2D eigenvalue weighted by molar-refractivity contribution is 5.29. The molecule has 0 unspecified atom stereocenters. The molecule has 1 fully saturated rings. The first-order valence-electron chi connectivity index (χ1n) is 10.2. The van der Waals surface area contributed by atoms with Gasteiger partial charge in [0.1, 0.15) is 12.4 Å². The molecule has 0 saturated carbocycles. The van der Waals surface area contributed by atoms with Crippen LogP contribution >= 0.6 is 0 Å². The molecule has 2 heterocycles. The van der Waals surface area contributed by atoms with Crippen LogP contribution in [0.1, 0.15) is 35.2 Å². The molecular formula is C25H28N2O2. The van der Waals surface area contributed by atoms with Crippen molar-refractivity contribution in [1.29, 1.82) is 0 Å². The zero-order valence-electron chi connectivity index (χ0n) is 16.9. The van der Waals surface area contributed by atoms with Crippen LogP contribution in [0.3, 0.4) is 0 Å². The molecule has 1 aromatic heterocycles. The Labute approximate surface area is 172 Å². The number of benzene rings is 2. The number of rotatable bonds is 6. The van der Waals surface area contributed by atoms with Gasteiger partial charge >= 0.3 is 0 Å². The summed E-state index contributed by atoms with van der Waals surface area (Å²) in [6.45, 7) is 5.17. The zero-order chi connectivity index (χ0) is 20.1. The van der Waals surface area contributed by atoms with Crippen molar-refractivity contribution in [1.82, 2.24) is 9.88 Å². The van der Waals surface area contributed by atoms with Gasteiger partial charge < -0.3 is 9.84 Å². The second-order valence-corrected chi connectivity index (χ2v) is 7.93. The van der Waals surface area contributed by atoms with Gasteiger partial charge in [-0.3, -0.25) is 9.88 Å². The van der Waals surface area contributed by atoms with E-state index in [2.05, 4.69) is 53.2 Å². The van der Waals surface area contributed by atoms with Crippen molar-refractivity contribution in [2.75, 3.05) is 13.1 Å². The van der Waals surface area contributed by atoms with Gasteiger partial charge in [-0.25, -0.2) is 0 Å². The lowest BCUT2D eigenvalue weighted by molar-refractivity contribution is -0.0277. The van der Waals surface area contributed by atoms with E-state index in [9.17, 15) is 5.11 Å². The number of likely N-dealkylation sites (tertiary alicyclic amines) is 1. The Morgan fingerprint density at radius 1 is 1.00 bits per heavy atom. The minimum absolute atomic E-state index is 0.470. The van der Waals surface area contributed by atoms with E-state index < -0.39 is 5.60 Å². The van der Waals surface area contributed by atoms with Crippen molar-refractivity contribution in [3.8, 4) is 5.75 Å². The summed E-state index contributed by atoms with van der Waals surface area (Å²) in [5.41, 5.74) is 3.69. The molecule has 4 nitrogen and oxygen atoms in total. The molecule has 3 aromatic rings. The second-order valence-electron chi connectivity index (χ2n) is 7.93. The number of hydrogen-bond donors (Lipinski definition) is 1. The average Bonchev–Trinajstić information content (AvgIpc) is 2.75. The number of aliphatic hydroxyl groups is 1. The highest BCUT2D eigenvalue weighted by Crippen LogP contribution is 2.33. The molecule has 0 spiro atoms. The number of aromatic nitrogens is 1. The first kappa shape index (κ1) is 19.6. The second kappa shape index (κ2) is 8.76. The number of aryl methyl sites for hydroxylation is 1. The molecule has 0 amide bonds. The Kier molecular flexibility index (Phi) is 5.93. The summed E-state index contributed by atoms with van der Waals surface area (Å²) in [5.74, 6) is 0.862. The van der Waals surface area contributed by atoms with Crippen molar-refractivity contribution in [3.05, 3.63) is 95.3 Å². The largest absolute Gasteiger partial charge is 0.487 e. The van der Waals surface area contributed by atoms with Gasteiger partial charge in [0.25, 0.3) is 0 Å². The third kappa shape index (κ3) is 5.03. The molecule has 29 heavy (non-hydrogen) atoms. The summed E-state index contributed by atoms with van der Waals surface area (Å²) >= 11 is 0. The highest BCUT2D eigenvalue weighted by Gasteiger charge is 2.33. The predicted molar refractivity (Wildman–Crippen MR) is 115 cm³/mol. The molecule has 4 heteroatoms. The van der Waals surface area contributed by atoms with E-state index in [1.807, 2.05) is 30.3 Å². The standard InChI is InChI=1S/C25H28N2O2/c1-20-8-10-22(11-9-20)25(28)12-15-27(16-13-25)18-21-5-4-7-24(17-21)29-19-23-6-2-3-14-26-23/h2-11,14,17,28H,12-13,15-16,18-19H2,1H3. The molecule has 0 aliphatic carbocycles. The van der Waals surface area contributed by atoms with E-state index in [0.29, 0.717) is 6.61 Å². The molecule has 1 aliphatic heterocycles. The van der Waals surface area contributed by atoms with Gasteiger partial charge in [-0.2, -0.15) is 0 Å². The van der Waals surface area contributed by atoms with Gasteiger partial charge in [-0.05, 0) is 55.2 Å². The van der Waals surface area contributed by atoms with E-state index in [1.165, 1.54) is 11.1 Å². The SMILES string of the molecule is Cc1ccc(C2(O)CCN(Cc3cccc(OCc4ccccn4)c3)CC2)cc1. The fourth-order valence-electron chi connectivity index (χ4n) is 3.87. The van der Waals surface area contributed by atoms with Crippen LogP contribution in [0.5, 0.6) is 5.75 Å². The molecule has 4 rings (SSSR count). The average molecular weight is 389 g/mol. The smallest absolute Gasteiger partial charge is 0.130 e. The molecule has 1 N–H and O–H groups in total. The van der Waals surface area contributed by atoms with Crippen LogP contribution in [-0.2, 0) is 18.8 Å². The highest BCUT2D eigenvalue weighted by atomic mass is 16.5. The first-order chi connectivity index (χ1) is 14.1. The van der Waals surface area contributed by atoms with E-state index >= 15 is 0 Å². The van der Waals surface area contributed by atoms with Crippen LogP contribution in [0.4, 0.5) is 0 Å². The molecule has 150 valence electrons. The van der Waals surface area contributed by atoms with Crippen LogP contribution in [0, 0.1) is 6.92 Å². The Balaban J connectivity index is 1.33.